The van der Waals surface area contributed by atoms with Gasteiger partial charge in [-0.25, -0.2) is 4.39 Å². The fourth-order valence-corrected chi connectivity index (χ4v) is 3.68. The number of hydrogen-bond acceptors (Lipinski definition) is 3. The molecule has 134 valence electrons. The number of anilines is 1. The molecule has 0 bridgehead atoms. The van der Waals surface area contributed by atoms with Crippen LogP contribution in [0.3, 0.4) is 0 Å². The Morgan fingerprint density at radius 3 is 2.46 bits per heavy atom. The molecule has 2 aromatic rings. The lowest BCUT2D eigenvalue weighted by Crippen LogP contribution is -2.40. The standard InChI is InChI=1S/C20H20FN3O2/c1-23(2)15-10-18-19(25)22-17-8-5-13(12-3-6-14(21)7-4-12)9-16(17)20(26)24(18)11-15/h3-9,15,18H,10-11H2,1-2H3,(H,22,25)/t15-,18+/m1/s1. The summed E-state index contributed by atoms with van der Waals surface area (Å²) in [4.78, 5) is 29.4. The lowest BCUT2D eigenvalue weighted by Gasteiger charge is -2.21. The minimum absolute atomic E-state index is 0.142. The van der Waals surface area contributed by atoms with Crippen molar-refractivity contribution in [3.05, 3.63) is 53.8 Å². The van der Waals surface area contributed by atoms with E-state index in [9.17, 15) is 14.0 Å². The molecule has 2 aliphatic rings. The van der Waals surface area contributed by atoms with E-state index < -0.39 is 6.04 Å². The van der Waals surface area contributed by atoms with Gasteiger partial charge in [-0.2, -0.15) is 0 Å². The summed E-state index contributed by atoms with van der Waals surface area (Å²) in [5.41, 5.74) is 2.64. The Kier molecular flexibility index (Phi) is 4.00. The van der Waals surface area contributed by atoms with Crippen LogP contribution < -0.4 is 5.32 Å². The van der Waals surface area contributed by atoms with Gasteiger partial charge < -0.3 is 15.1 Å². The van der Waals surface area contributed by atoms with E-state index in [-0.39, 0.29) is 23.7 Å². The molecule has 0 unspecified atom stereocenters. The van der Waals surface area contributed by atoms with Gasteiger partial charge in [-0.3, -0.25) is 9.59 Å². The number of rotatable bonds is 2. The Morgan fingerprint density at radius 1 is 1.08 bits per heavy atom. The molecule has 2 aromatic carbocycles. The summed E-state index contributed by atoms with van der Waals surface area (Å²) < 4.78 is 13.2. The first-order valence-corrected chi connectivity index (χ1v) is 8.62. The maximum absolute atomic E-state index is 13.2. The normalized spacial score (nSPS) is 22.1. The second kappa shape index (κ2) is 6.21. The predicted molar refractivity (Wildman–Crippen MR) is 97.4 cm³/mol. The Balaban J connectivity index is 1.73. The highest BCUT2D eigenvalue weighted by molar-refractivity contribution is 6.10. The largest absolute Gasteiger partial charge is 0.325 e. The molecule has 2 amide bonds. The Labute approximate surface area is 151 Å². The van der Waals surface area contributed by atoms with E-state index in [4.69, 9.17) is 0 Å². The number of likely N-dealkylation sites (N-methyl/N-ethyl adjacent to an activating group) is 1. The second-order valence-corrected chi connectivity index (χ2v) is 7.08. The van der Waals surface area contributed by atoms with Gasteiger partial charge in [0.05, 0.1) is 11.3 Å². The molecule has 4 rings (SSSR count). The lowest BCUT2D eigenvalue weighted by atomic mass is 10.0. The summed E-state index contributed by atoms with van der Waals surface area (Å²) in [5.74, 6) is -0.589. The van der Waals surface area contributed by atoms with Crippen molar-refractivity contribution in [3.8, 4) is 11.1 Å². The summed E-state index contributed by atoms with van der Waals surface area (Å²) in [5, 5.41) is 2.89. The van der Waals surface area contributed by atoms with Gasteiger partial charge in [0.25, 0.3) is 5.91 Å². The van der Waals surface area contributed by atoms with Crippen molar-refractivity contribution >= 4 is 17.5 Å². The lowest BCUT2D eigenvalue weighted by molar-refractivity contribution is -0.119. The number of carbonyl (C=O) groups is 2. The van der Waals surface area contributed by atoms with E-state index in [0.29, 0.717) is 24.2 Å². The number of hydrogen-bond donors (Lipinski definition) is 1. The number of amides is 2. The molecule has 0 aromatic heterocycles. The van der Waals surface area contributed by atoms with Crippen molar-refractivity contribution in [2.75, 3.05) is 26.0 Å². The van der Waals surface area contributed by atoms with Crippen molar-refractivity contribution < 1.29 is 14.0 Å². The van der Waals surface area contributed by atoms with Crippen molar-refractivity contribution in [2.24, 2.45) is 0 Å². The quantitative estimate of drug-likeness (QED) is 0.903. The molecule has 2 heterocycles. The molecule has 2 atom stereocenters. The molecule has 1 fully saturated rings. The highest BCUT2D eigenvalue weighted by Crippen LogP contribution is 2.32. The molecular weight excluding hydrogens is 333 g/mol. The Hall–Kier alpha value is -2.73. The van der Waals surface area contributed by atoms with Crippen molar-refractivity contribution in [2.45, 2.75) is 18.5 Å². The fourth-order valence-electron chi connectivity index (χ4n) is 3.68. The van der Waals surface area contributed by atoms with Crippen molar-refractivity contribution in [3.63, 3.8) is 0 Å². The van der Waals surface area contributed by atoms with Crippen LogP contribution in [0.4, 0.5) is 10.1 Å². The predicted octanol–water partition coefficient (Wildman–Crippen LogP) is 2.59. The SMILES string of the molecule is CN(C)[C@@H]1C[C@H]2C(=O)Nc3ccc(-c4ccc(F)cc4)cc3C(=O)N2C1. The van der Waals surface area contributed by atoms with E-state index >= 15 is 0 Å². The molecule has 0 saturated carbocycles. The molecule has 0 radical (unpaired) electrons. The van der Waals surface area contributed by atoms with Crippen LogP contribution in [0.25, 0.3) is 11.1 Å². The summed E-state index contributed by atoms with van der Waals surface area (Å²) in [7, 11) is 3.92. The van der Waals surface area contributed by atoms with Crippen molar-refractivity contribution in [1.82, 2.24) is 9.80 Å². The second-order valence-electron chi connectivity index (χ2n) is 7.08. The monoisotopic (exact) mass is 353 g/mol. The van der Waals surface area contributed by atoms with Gasteiger partial charge in [0.1, 0.15) is 11.9 Å². The zero-order valence-corrected chi connectivity index (χ0v) is 14.7. The minimum Gasteiger partial charge on any atom is -0.325 e. The molecule has 26 heavy (non-hydrogen) atoms. The summed E-state index contributed by atoms with van der Waals surface area (Å²) in [6.45, 7) is 0.532. The van der Waals surface area contributed by atoms with Gasteiger partial charge in [0.15, 0.2) is 0 Å². The van der Waals surface area contributed by atoms with Gasteiger partial charge >= 0.3 is 0 Å². The van der Waals surface area contributed by atoms with Gasteiger partial charge in [0, 0.05) is 12.6 Å². The van der Waals surface area contributed by atoms with E-state index in [1.807, 2.05) is 25.1 Å². The van der Waals surface area contributed by atoms with Crippen LogP contribution in [0.5, 0.6) is 0 Å². The molecule has 1 saturated heterocycles. The van der Waals surface area contributed by atoms with Crippen molar-refractivity contribution in [1.29, 1.82) is 0 Å². The number of benzene rings is 2. The third-order valence-electron chi connectivity index (χ3n) is 5.26. The van der Waals surface area contributed by atoms with Gasteiger partial charge in [-0.05, 0) is 55.9 Å². The van der Waals surface area contributed by atoms with Crippen LogP contribution >= 0.6 is 0 Å². The zero-order chi connectivity index (χ0) is 18.4. The van der Waals surface area contributed by atoms with Crippen LogP contribution in [-0.2, 0) is 4.79 Å². The zero-order valence-electron chi connectivity index (χ0n) is 14.7. The van der Waals surface area contributed by atoms with E-state index in [2.05, 4.69) is 5.32 Å². The number of halogens is 1. The van der Waals surface area contributed by atoms with Gasteiger partial charge in [0.2, 0.25) is 5.91 Å². The molecule has 0 aliphatic carbocycles. The van der Waals surface area contributed by atoms with Crippen LogP contribution in [0, 0.1) is 5.82 Å². The average Bonchev–Trinajstić information content (AvgIpc) is 3.04. The number of fused-ring (bicyclic) bond motifs is 2. The summed E-state index contributed by atoms with van der Waals surface area (Å²) >= 11 is 0. The maximum atomic E-state index is 13.2. The van der Waals surface area contributed by atoms with Crippen LogP contribution in [0.2, 0.25) is 0 Å². The van der Waals surface area contributed by atoms with Crippen LogP contribution in [-0.4, -0.2) is 54.3 Å². The van der Waals surface area contributed by atoms with E-state index in [0.717, 1.165) is 11.1 Å². The van der Waals surface area contributed by atoms with E-state index in [1.165, 1.54) is 12.1 Å². The first-order valence-electron chi connectivity index (χ1n) is 8.62. The summed E-state index contributed by atoms with van der Waals surface area (Å²) in [6, 6.07) is 11.2. The topological polar surface area (TPSA) is 52.7 Å². The molecule has 5 nitrogen and oxygen atoms in total. The third kappa shape index (κ3) is 2.76. The van der Waals surface area contributed by atoms with Gasteiger partial charge in [-0.1, -0.05) is 18.2 Å². The molecule has 0 spiro atoms. The molecular formula is C20H20FN3O2. The third-order valence-corrected chi connectivity index (χ3v) is 5.26. The van der Waals surface area contributed by atoms with Gasteiger partial charge in [-0.15, -0.1) is 0 Å². The Morgan fingerprint density at radius 2 is 1.77 bits per heavy atom. The minimum atomic E-state index is -0.448. The summed E-state index contributed by atoms with van der Waals surface area (Å²) in [6.07, 6.45) is 0.628. The first kappa shape index (κ1) is 16.7. The molecule has 2 aliphatic heterocycles. The smallest absolute Gasteiger partial charge is 0.256 e. The number of carbonyl (C=O) groups excluding carboxylic acids is 2. The molecule has 6 heteroatoms. The highest BCUT2D eigenvalue weighted by Gasteiger charge is 2.43. The van der Waals surface area contributed by atoms with E-state index in [1.54, 1.807) is 29.2 Å². The average molecular weight is 353 g/mol. The van der Waals surface area contributed by atoms with Crippen LogP contribution in [0.1, 0.15) is 16.8 Å². The maximum Gasteiger partial charge on any atom is 0.256 e. The fraction of sp³-hybridized carbons (Fsp3) is 0.300. The molecule has 1 N–H and O–H groups in total. The highest BCUT2D eigenvalue weighted by atomic mass is 19.1. The number of nitrogens with zero attached hydrogens (tertiary/aromatic N) is 2. The first-order chi connectivity index (χ1) is 12.4. The number of nitrogens with one attached hydrogen (secondary N) is 1. The van der Waals surface area contributed by atoms with Crippen LogP contribution in [0.15, 0.2) is 42.5 Å². The Bertz CT molecular complexity index is 879.